The summed E-state index contributed by atoms with van der Waals surface area (Å²) in [5.41, 5.74) is 5.30. The van der Waals surface area contributed by atoms with E-state index in [0.29, 0.717) is 17.6 Å². The first-order valence-corrected chi connectivity index (χ1v) is 9.61. The predicted molar refractivity (Wildman–Crippen MR) is 110 cm³/mol. The van der Waals surface area contributed by atoms with Crippen molar-refractivity contribution in [2.45, 2.75) is 25.8 Å². The number of rotatable bonds is 5. The number of hydrogen-bond acceptors (Lipinski definition) is 5. The fourth-order valence-corrected chi connectivity index (χ4v) is 3.26. The highest BCUT2D eigenvalue weighted by atomic mass is 16.1. The van der Waals surface area contributed by atoms with E-state index in [1.54, 1.807) is 16.6 Å². The molecule has 1 amide bonds. The number of aromatic nitrogens is 5. The molecule has 0 radical (unpaired) electrons. The summed E-state index contributed by atoms with van der Waals surface area (Å²) in [7, 11) is 1.92. The third kappa shape index (κ3) is 3.33. The molecule has 1 aliphatic rings. The van der Waals surface area contributed by atoms with E-state index in [1.165, 1.54) is 0 Å². The van der Waals surface area contributed by atoms with Crippen LogP contribution in [0.1, 0.15) is 28.9 Å². The van der Waals surface area contributed by atoms with Crippen molar-refractivity contribution in [1.29, 1.82) is 0 Å². The fraction of sp³-hybridized carbons (Fsp3) is 0.238. The van der Waals surface area contributed by atoms with Crippen molar-refractivity contribution in [1.82, 2.24) is 29.7 Å². The summed E-state index contributed by atoms with van der Waals surface area (Å²) >= 11 is 0. The Labute approximate surface area is 167 Å². The molecule has 5 rings (SSSR count). The Hall–Kier alpha value is -3.68. The van der Waals surface area contributed by atoms with Crippen LogP contribution in [0.5, 0.6) is 0 Å². The third-order valence-corrected chi connectivity index (χ3v) is 5.20. The number of amides is 1. The van der Waals surface area contributed by atoms with Gasteiger partial charge in [0, 0.05) is 47.4 Å². The van der Waals surface area contributed by atoms with Gasteiger partial charge in [0.25, 0.3) is 5.91 Å². The quantitative estimate of drug-likeness (QED) is 0.549. The SMILES string of the molecule is Cc1c(-c2cccn3nc(Nc4ccc(C(=O)NC5CC5)cc4)nc23)cnn1C. The van der Waals surface area contributed by atoms with Crippen molar-refractivity contribution in [2.75, 3.05) is 5.32 Å². The first-order valence-electron chi connectivity index (χ1n) is 9.61. The molecule has 1 fully saturated rings. The van der Waals surface area contributed by atoms with Crippen LogP contribution in [0.4, 0.5) is 11.6 Å². The summed E-state index contributed by atoms with van der Waals surface area (Å²) < 4.78 is 3.59. The molecular formula is C21H21N7O. The van der Waals surface area contributed by atoms with Gasteiger partial charge in [-0.25, -0.2) is 4.52 Å². The average Bonchev–Trinajstić information content (AvgIpc) is 3.34. The second kappa shape index (κ2) is 6.73. The van der Waals surface area contributed by atoms with Crippen LogP contribution in [-0.2, 0) is 7.05 Å². The smallest absolute Gasteiger partial charge is 0.251 e. The molecule has 1 aromatic carbocycles. The van der Waals surface area contributed by atoms with Gasteiger partial charge in [0.2, 0.25) is 5.95 Å². The largest absolute Gasteiger partial charge is 0.349 e. The molecule has 3 heterocycles. The van der Waals surface area contributed by atoms with Crippen molar-refractivity contribution in [3.8, 4) is 11.1 Å². The Kier molecular flexibility index (Phi) is 4.04. The summed E-state index contributed by atoms with van der Waals surface area (Å²) in [5, 5.41) is 15.1. The van der Waals surface area contributed by atoms with Gasteiger partial charge in [-0.3, -0.25) is 9.48 Å². The van der Waals surface area contributed by atoms with E-state index in [0.717, 1.165) is 41.0 Å². The van der Waals surface area contributed by atoms with Crippen molar-refractivity contribution in [2.24, 2.45) is 7.05 Å². The Morgan fingerprint density at radius 3 is 2.62 bits per heavy atom. The molecule has 4 aromatic rings. The lowest BCUT2D eigenvalue weighted by Gasteiger charge is -2.05. The van der Waals surface area contributed by atoms with Gasteiger partial charge in [-0.05, 0) is 56.2 Å². The topological polar surface area (TPSA) is 89.1 Å². The summed E-state index contributed by atoms with van der Waals surface area (Å²) in [6.07, 6.45) is 5.86. The molecule has 0 aliphatic heterocycles. The van der Waals surface area contributed by atoms with E-state index in [-0.39, 0.29) is 5.91 Å². The number of nitrogens with zero attached hydrogens (tertiary/aromatic N) is 5. The predicted octanol–water partition coefficient (Wildman–Crippen LogP) is 3.07. The van der Waals surface area contributed by atoms with Crippen LogP contribution in [0.25, 0.3) is 16.8 Å². The second-order valence-corrected chi connectivity index (χ2v) is 7.34. The molecule has 1 aliphatic carbocycles. The lowest BCUT2D eigenvalue weighted by molar-refractivity contribution is 0.0951. The maximum absolute atomic E-state index is 12.1. The molecular weight excluding hydrogens is 366 g/mol. The number of carbonyl (C=O) groups excluding carboxylic acids is 1. The number of carbonyl (C=O) groups is 1. The zero-order chi connectivity index (χ0) is 20.0. The minimum absolute atomic E-state index is 0.0265. The number of benzene rings is 1. The highest BCUT2D eigenvalue weighted by Gasteiger charge is 2.23. The van der Waals surface area contributed by atoms with Crippen LogP contribution in [0, 0.1) is 6.92 Å². The van der Waals surface area contributed by atoms with Gasteiger partial charge in [0.1, 0.15) is 0 Å². The van der Waals surface area contributed by atoms with Crippen LogP contribution in [0.2, 0.25) is 0 Å². The molecule has 0 saturated heterocycles. The van der Waals surface area contributed by atoms with Gasteiger partial charge < -0.3 is 10.6 Å². The molecule has 3 aromatic heterocycles. The third-order valence-electron chi connectivity index (χ3n) is 5.20. The Morgan fingerprint density at radius 1 is 1.14 bits per heavy atom. The van der Waals surface area contributed by atoms with E-state index < -0.39 is 0 Å². The van der Waals surface area contributed by atoms with Gasteiger partial charge in [-0.15, -0.1) is 5.10 Å². The number of nitrogens with one attached hydrogen (secondary N) is 2. The van der Waals surface area contributed by atoms with E-state index in [1.807, 2.05) is 55.3 Å². The minimum Gasteiger partial charge on any atom is -0.349 e. The number of aryl methyl sites for hydroxylation is 1. The molecule has 0 atom stereocenters. The monoisotopic (exact) mass is 387 g/mol. The van der Waals surface area contributed by atoms with Gasteiger partial charge in [0.05, 0.1) is 6.20 Å². The molecule has 29 heavy (non-hydrogen) atoms. The first-order chi connectivity index (χ1) is 14.1. The van der Waals surface area contributed by atoms with Crippen molar-refractivity contribution >= 4 is 23.2 Å². The maximum Gasteiger partial charge on any atom is 0.251 e. The maximum atomic E-state index is 12.1. The molecule has 8 heteroatoms. The van der Waals surface area contributed by atoms with Crippen LogP contribution in [0.15, 0.2) is 48.8 Å². The van der Waals surface area contributed by atoms with E-state index in [9.17, 15) is 4.79 Å². The average molecular weight is 387 g/mol. The molecule has 1 saturated carbocycles. The Balaban J connectivity index is 1.40. The van der Waals surface area contributed by atoms with Crippen LogP contribution in [-0.4, -0.2) is 36.3 Å². The highest BCUT2D eigenvalue weighted by Crippen LogP contribution is 2.27. The first kappa shape index (κ1) is 17.4. The number of hydrogen-bond donors (Lipinski definition) is 2. The summed E-state index contributed by atoms with van der Waals surface area (Å²) in [4.78, 5) is 16.8. The normalized spacial score (nSPS) is 13.6. The summed E-state index contributed by atoms with van der Waals surface area (Å²) in [6, 6.07) is 11.6. The van der Waals surface area contributed by atoms with Crippen LogP contribution < -0.4 is 10.6 Å². The summed E-state index contributed by atoms with van der Waals surface area (Å²) in [6.45, 7) is 2.03. The molecule has 8 nitrogen and oxygen atoms in total. The van der Waals surface area contributed by atoms with Crippen LogP contribution >= 0.6 is 0 Å². The Bertz CT molecular complexity index is 1200. The fourth-order valence-electron chi connectivity index (χ4n) is 3.26. The summed E-state index contributed by atoms with van der Waals surface area (Å²) in [5.74, 6) is 0.468. The van der Waals surface area contributed by atoms with E-state index in [4.69, 9.17) is 0 Å². The lowest BCUT2D eigenvalue weighted by atomic mass is 10.1. The van der Waals surface area contributed by atoms with Crippen LogP contribution in [0.3, 0.4) is 0 Å². The number of pyridine rings is 1. The van der Waals surface area contributed by atoms with Gasteiger partial charge in [-0.2, -0.15) is 10.1 Å². The highest BCUT2D eigenvalue weighted by molar-refractivity contribution is 5.95. The van der Waals surface area contributed by atoms with E-state index in [2.05, 4.69) is 25.8 Å². The number of fused-ring (bicyclic) bond motifs is 1. The second-order valence-electron chi connectivity index (χ2n) is 7.34. The van der Waals surface area contributed by atoms with Crippen molar-refractivity contribution in [3.63, 3.8) is 0 Å². The Morgan fingerprint density at radius 2 is 1.93 bits per heavy atom. The van der Waals surface area contributed by atoms with Gasteiger partial charge >= 0.3 is 0 Å². The molecule has 0 unspecified atom stereocenters. The van der Waals surface area contributed by atoms with Gasteiger partial charge in [0.15, 0.2) is 5.65 Å². The molecule has 0 spiro atoms. The van der Waals surface area contributed by atoms with Crippen molar-refractivity contribution in [3.05, 3.63) is 60.0 Å². The zero-order valence-electron chi connectivity index (χ0n) is 16.3. The number of anilines is 2. The molecule has 0 bridgehead atoms. The standard InChI is InChI=1S/C21H21N7O/c1-13-18(12-22-27(13)2)17-4-3-11-28-19(17)25-21(26-28)24-16-7-5-14(6-8-16)20(29)23-15-9-10-15/h3-8,11-12,15H,9-10H2,1-2H3,(H,23,29)(H,24,26). The van der Waals surface area contributed by atoms with Crippen molar-refractivity contribution < 1.29 is 4.79 Å². The van der Waals surface area contributed by atoms with Gasteiger partial charge in [-0.1, -0.05) is 0 Å². The lowest BCUT2D eigenvalue weighted by Crippen LogP contribution is -2.25. The van der Waals surface area contributed by atoms with E-state index >= 15 is 0 Å². The minimum atomic E-state index is -0.0265. The molecule has 146 valence electrons. The zero-order valence-corrected chi connectivity index (χ0v) is 16.3. The molecule has 2 N–H and O–H groups in total.